The van der Waals surface area contributed by atoms with Crippen LogP contribution >= 0.6 is 0 Å². The van der Waals surface area contributed by atoms with Crippen molar-refractivity contribution in [1.29, 1.82) is 0 Å². The number of benzene rings is 23. The van der Waals surface area contributed by atoms with E-state index in [1.54, 1.807) is 0 Å². The van der Waals surface area contributed by atoms with E-state index in [1.165, 1.54) is 162 Å². The molecule has 0 unspecified atom stereocenters. The van der Waals surface area contributed by atoms with E-state index >= 15 is 0 Å². The number of para-hydroxylation sites is 4. The smallest absolute Gasteiger partial charge is 0.179 e. The molecule has 138 heavy (non-hydrogen) atoms. The Balaban J connectivity index is 0.000000151. The van der Waals surface area contributed by atoms with Crippen LogP contribution < -0.4 is 51.3 Å². The third-order valence-electron chi connectivity index (χ3n) is 28.1. The Hall–Kier alpha value is -17.5. The fraction of sp³-hybridized carbons (Fsp3) is 0. The quantitative estimate of drug-likeness (QED) is 0.0559. The highest BCUT2D eigenvalue weighted by Gasteiger charge is 2.43. The second-order valence-electron chi connectivity index (χ2n) is 35.7. The molecule has 0 aliphatic carbocycles. The molecule has 0 aliphatic rings. The molecule has 0 spiro atoms. The van der Waals surface area contributed by atoms with Crippen LogP contribution in [0.15, 0.2) is 570 Å². The van der Waals surface area contributed by atoms with Gasteiger partial charge in [-0.25, -0.2) is 0 Å². The summed E-state index contributed by atoms with van der Waals surface area (Å²) in [4.78, 5) is 4.83. The van der Waals surface area contributed by atoms with Crippen molar-refractivity contribution >= 4 is 168 Å². The van der Waals surface area contributed by atoms with Gasteiger partial charge in [-0.2, -0.15) is 0 Å². The molecule has 0 saturated carbocycles. The third-order valence-corrected chi connectivity index (χ3v) is 37.7. The Morgan fingerprint density at radius 1 is 0.145 bits per heavy atom. The molecule has 6 heteroatoms. The maximum absolute atomic E-state index is 2.73. The average Bonchev–Trinajstić information content (AvgIpc) is 1.64. The topological polar surface area (TPSA) is 16.3 Å². The zero-order chi connectivity index (χ0) is 91.7. The Morgan fingerprint density at radius 2 is 0.391 bits per heavy atom. The van der Waals surface area contributed by atoms with Gasteiger partial charge in [0, 0.05) is 67.0 Å². The normalized spacial score (nSPS) is 11.6. The summed E-state index contributed by atoms with van der Waals surface area (Å²) in [5.41, 5.74) is 23.3. The molecule has 0 fully saturated rings. The number of fused-ring (bicyclic) bond motifs is 9. The van der Waals surface area contributed by atoms with E-state index in [0.717, 1.165) is 45.5 Å². The van der Waals surface area contributed by atoms with Gasteiger partial charge >= 0.3 is 0 Å². The van der Waals surface area contributed by atoms with Crippen molar-refractivity contribution in [3.05, 3.63) is 570 Å². The van der Waals surface area contributed by atoms with Crippen molar-refractivity contribution in [3.8, 4) is 55.9 Å². The van der Waals surface area contributed by atoms with E-state index in [1.807, 2.05) is 0 Å². The zero-order valence-corrected chi connectivity index (χ0v) is 78.1. The summed E-state index contributed by atoms with van der Waals surface area (Å²) < 4.78 is 4.79. The van der Waals surface area contributed by atoms with Crippen molar-refractivity contribution in [3.63, 3.8) is 0 Å². The third kappa shape index (κ3) is 15.0. The van der Waals surface area contributed by atoms with Crippen LogP contribution in [0.25, 0.3) is 132 Å². The van der Waals surface area contributed by atoms with Crippen molar-refractivity contribution in [2.75, 3.05) is 9.80 Å². The van der Waals surface area contributed by atoms with Crippen LogP contribution in [0.5, 0.6) is 0 Å². The standard InChI is InChI=1S/C68H48N2Si.C64H46N2Si/c1-5-21-54(22-6-1)70-66-33-16-15-30-65(66)68-64(32-18-34-67(68)70)52-36-35-49-37-42-57(48-53(49)47-52)69(55-40-38-51(39-41-55)63-31-17-20-50-19-13-14-29-62(50)63)56-43-45-61(46-44-56)71(58-23-7-2-8-24-58,59-25-9-3-10-26-59)60-27-11-4-12-28-60;1-5-21-50(22-6-1)66-62-33-16-15-30-61(62)64-60(32-18-34-63(64)66)49-37-41-52(42-38-49)65(51-39-35-48(36-40-51)59-31-17-20-47-19-13-14-29-58(47)59)53-43-45-57(46-44-53)67(54-23-7-2-8-24-54,55-25-9-3-10-26-55)56-27-11-4-12-28-56/h1-48H;1-46H. The van der Waals surface area contributed by atoms with Gasteiger partial charge in [0.2, 0.25) is 0 Å². The summed E-state index contributed by atoms with van der Waals surface area (Å²) in [6, 6.07) is 210. The Morgan fingerprint density at radius 3 is 0.761 bits per heavy atom. The zero-order valence-electron chi connectivity index (χ0n) is 76.1. The fourth-order valence-electron chi connectivity index (χ4n) is 21.8. The van der Waals surface area contributed by atoms with Crippen molar-refractivity contribution < 1.29 is 0 Å². The van der Waals surface area contributed by atoms with E-state index in [9.17, 15) is 0 Å². The number of hydrogen-bond acceptors (Lipinski definition) is 2. The number of rotatable bonds is 20. The molecule has 25 aromatic rings. The van der Waals surface area contributed by atoms with Crippen molar-refractivity contribution in [2.45, 2.75) is 0 Å². The molecule has 2 heterocycles. The average molecular weight is 1790 g/mol. The van der Waals surface area contributed by atoms with Crippen molar-refractivity contribution in [1.82, 2.24) is 9.13 Å². The SMILES string of the molecule is c1ccc(-n2c3ccccc3c3c(-c4ccc(N(c5ccc(-c6cccc7ccccc67)cc5)c5ccc([Si](c6ccccc6)(c6ccccc6)c6ccccc6)cc5)cc4)cccc32)cc1.c1ccc(-n2c3ccccc3c3c(-c4ccc5ccc(N(c6ccc(-c7cccc8ccccc78)cc6)c6ccc([Si](c7ccccc7)(c7ccccc7)c7ccccc7)cc6)cc5c4)cccc32)cc1. The Kier molecular flexibility index (Phi) is 22.1. The van der Waals surface area contributed by atoms with Crippen LogP contribution in [0.3, 0.4) is 0 Å². The second-order valence-corrected chi connectivity index (χ2v) is 43.3. The lowest BCUT2D eigenvalue weighted by Crippen LogP contribution is -2.74. The van der Waals surface area contributed by atoms with Crippen LogP contribution in [-0.4, -0.2) is 25.3 Å². The molecule has 0 N–H and O–H groups in total. The first-order valence-corrected chi connectivity index (χ1v) is 51.6. The van der Waals surface area contributed by atoms with E-state index in [2.05, 4.69) is 589 Å². The minimum absolute atomic E-state index is 1.09. The van der Waals surface area contributed by atoms with Crippen molar-refractivity contribution in [2.24, 2.45) is 0 Å². The Bertz CT molecular complexity index is 8480. The first-order valence-electron chi connectivity index (χ1n) is 47.6. The highest BCUT2D eigenvalue weighted by atomic mass is 28.3. The van der Waals surface area contributed by atoms with Gasteiger partial charge in [0.15, 0.2) is 16.1 Å². The van der Waals surface area contributed by atoms with Gasteiger partial charge in [-0.15, -0.1) is 0 Å². The van der Waals surface area contributed by atoms with Crippen LogP contribution in [-0.2, 0) is 0 Å². The molecule has 0 bridgehead atoms. The fourth-order valence-corrected chi connectivity index (χ4v) is 31.3. The lowest BCUT2D eigenvalue weighted by atomic mass is 9.96. The molecule has 0 radical (unpaired) electrons. The number of nitrogens with zero attached hydrogens (tertiary/aromatic N) is 4. The lowest BCUT2D eigenvalue weighted by Gasteiger charge is -2.35. The van der Waals surface area contributed by atoms with Gasteiger partial charge in [-0.05, 0) is 246 Å². The van der Waals surface area contributed by atoms with Crippen LogP contribution in [0.1, 0.15) is 0 Å². The van der Waals surface area contributed by atoms with Crippen LogP contribution in [0, 0.1) is 0 Å². The second kappa shape index (κ2) is 36.5. The van der Waals surface area contributed by atoms with E-state index in [-0.39, 0.29) is 0 Å². The maximum atomic E-state index is 2.42. The lowest BCUT2D eigenvalue weighted by molar-refractivity contribution is 1.18. The summed E-state index contributed by atoms with van der Waals surface area (Å²) in [7, 11) is -5.44. The van der Waals surface area contributed by atoms with Crippen LogP contribution in [0.4, 0.5) is 34.1 Å². The van der Waals surface area contributed by atoms with E-state index < -0.39 is 16.1 Å². The highest BCUT2D eigenvalue weighted by Crippen LogP contribution is 2.46. The summed E-state index contributed by atoms with van der Waals surface area (Å²) in [6.07, 6.45) is 0. The summed E-state index contributed by atoms with van der Waals surface area (Å²) in [5.74, 6) is 0. The summed E-state index contributed by atoms with van der Waals surface area (Å²) in [6.45, 7) is 0. The van der Waals surface area contributed by atoms with Gasteiger partial charge in [0.05, 0.1) is 22.1 Å². The molecular formula is C132H94N4Si2. The minimum atomic E-state index is -2.73. The molecule has 0 saturated heterocycles. The predicted molar refractivity (Wildman–Crippen MR) is 592 cm³/mol. The van der Waals surface area contributed by atoms with Gasteiger partial charge in [0.1, 0.15) is 0 Å². The minimum Gasteiger partial charge on any atom is -0.311 e. The van der Waals surface area contributed by atoms with Gasteiger partial charge in [-0.1, -0.05) is 443 Å². The van der Waals surface area contributed by atoms with Gasteiger partial charge in [-0.3, -0.25) is 0 Å². The first kappa shape index (κ1) is 83.5. The number of aromatic nitrogens is 2. The predicted octanol–water partition coefficient (Wildman–Crippen LogP) is 29.4. The molecule has 4 nitrogen and oxygen atoms in total. The molecular weight excluding hydrogens is 1700 g/mol. The number of anilines is 6. The summed E-state index contributed by atoms with van der Waals surface area (Å²) in [5, 5.41) is 23.2. The molecule has 650 valence electrons. The largest absolute Gasteiger partial charge is 0.311 e. The highest BCUT2D eigenvalue weighted by molar-refractivity contribution is 7.20. The molecule has 2 aromatic heterocycles. The monoisotopic (exact) mass is 1790 g/mol. The molecule has 23 aromatic carbocycles. The van der Waals surface area contributed by atoms with E-state index in [0.29, 0.717) is 0 Å². The number of hydrogen-bond donors (Lipinski definition) is 0. The maximum Gasteiger partial charge on any atom is 0.179 e. The molecule has 0 aliphatic heterocycles. The molecule has 0 atom stereocenters. The first-order chi connectivity index (χ1) is 68.5. The Labute approximate surface area is 806 Å². The van der Waals surface area contributed by atoms with E-state index in [4.69, 9.17) is 0 Å². The molecule has 25 rings (SSSR count). The molecule has 0 amide bonds. The van der Waals surface area contributed by atoms with Gasteiger partial charge < -0.3 is 18.9 Å². The van der Waals surface area contributed by atoms with Crippen LogP contribution in [0.2, 0.25) is 0 Å². The summed E-state index contributed by atoms with van der Waals surface area (Å²) >= 11 is 0. The van der Waals surface area contributed by atoms with Gasteiger partial charge in [0.25, 0.3) is 0 Å².